The maximum atomic E-state index is 12.5. The first-order valence-electron chi connectivity index (χ1n) is 7.15. The first-order valence-corrected chi connectivity index (χ1v) is 7.15. The molecule has 1 aliphatic carbocycles. The maximum absolute atomic E-state index is 12.5. The van der Waals surface area contributed by atoms with Crippen LogP contribution in [0.2, 0.25) is 0 Å². The minimum atomic E-state index is -4.40. The zero-order valence-corrected chi connectivity index (χ0v) is 11.7. The number of benzene rings is 1. The lowest BCUT2D eigenvalue weighted by Gasteiger charge is -2.17. The van der Waals surface area contributed by atoms with Gasteiger partial charge in [0.2, 0.25) is 11.8 Å². The molecule has 1 atom stereocenters. The van der Waals surface area contributed by atoms with Gasteiger partial charge in [0.15, 0.2) is 0 Å². The Morgan fingerprint density at radius 3 is 2.32 bits per heavy atom. The number of anilines is 1. The first-order chi connectivity index (χ1) is 10.4. The van der Waals surface area contributed by atoms with Gasteiger partial charge in [-0.15, -0.1) is 0 Å². The number of alkyl halides is 3. The van der Waals surface area contributed by atoms with Crippen LogP contribution in [0.15, 0.2) is 24.3 Å². The summed E-state index contributed by atoms with van der Waals surface area (Å²) in [5, 5.41) is 2.79. The van der Waals surface area contributed by atoms with Gasteiger partial charge in [-0.05, 0) is 43.5 Å². The summed E-state index contributed by atoms with van der Waals surface area (Å²) in [5.74, 6) is -1.36. The topological polar surface area (TPSA) is 49.4 Å². The Labute approximate surface area is 125 Å². The van der Waals surface area contributed by atoms with Gasteiger partial charge in [0.1, 0.15) is 5.92 Å². The van der Waals surface area contributed by atoms with Gasteiger partial charge in [-0.2, -0.15) is 13.2 Å². The predicted octanol–water partition coefficient (Wildman–Crippen LogP) is 2.34. The molecule has 1 saturated carbocycles. The van der Waals surface area contributed by atoms with Crippen LogP contribution in [0.1, 0.15) is 24.8 Å². The lowest BCUT2D eigenvalue weighted by Crippen LogP contribution is -2.37. The number of hydrogen-bond acceptors (Lipinski definition) is 2. The summed E-state index contributed by atoms with van der Waals surface area (Å²) in [6.07, 6.45) is -2.14. The summed E-state index contributed by atoms with van der Waals surface area (Å²) in [6.45, 7) is 0.340. The molecule has 2 aliphatic rings. The van der Waals surface area contributed by atoms with E-state index in [4.69, 9.17) is 0 Å². The Hall–Kier alpha value is -2.05. The van der Waals surface area contributed by atoms with Gasteiger partial charge in [-0.1, -0.05) is 0 Å². The van der Waals surface area contributed by atoms with Crippen molar-refractivity contribution in [2.45, 2.75) is 31.5 Å². The second kappa shape index (κ2) is 5.30. The third kappa shape index (κ3) is 2.93. The lowest BCUT2D eigenvalue weighted by atomic mass is 10.1. The van der Waals surface area contributed by atoms with Crippen LogP contribution in [0.4, 0.5) is 18.9 Å². The van der Waals surface area contributed by atoms with Crippen molar-refractivity contribution in [3.63, 3.8) is 0 Å². The fourth-order valence-corrected chi connectivity index (χ4v) is 2.54. The molecular weight excluding hydrogens is 297 g/mol. The molecule has 0 bridgehead atoms. The van der Waals surface area contributed by atoms with E-state index in [1.54, 1.807) is 0 Å². The molecule has 0 unspecified atom stereocenters. The van der Waals surface area contributed by atoms with Gasteiger partial charge >= 0.3 is 6.18 Å². The Kier molecular flexibility index (Phi) is 3.58. The van der Waals surface area contributed by atoms with E-state index in [0.29, 0.717) is 18.7 Å². The van der Waals surface area contributed by atoms with Crippen molar-refractivity contribution in [3.05, 3.63) is 29.8 Å². The predicted molar refractivity (Wildman–Crippen MR) is 73.1 cm³/mol. The molecule has 1 aromatic carbocycles. The summed E-state index contributed by atoms with van der Waals surface area (Å²) in [6, 6.07) is 4.60. The standard InChI is InChI=1S/C15H15F3N2O2/c16-15(17,18)9-1-5-11(6-2-9)20-8-7-12(14(20)22)13(21)19-10-3-4-10/h1-2,5-6,10,12H,3-4,7-8H2,(H,19,21)/t12-/m1/s1. The molecule has 1 aliphatic heterocycles. The van der Waals surface area contributed by atoms with Gasteiger partial charge < -0.3 is 10.2 Å². The second-order valence-electron chi connectivity index (χ2n) is 5.66. The highest BCUT2D eigenvalue weighted by molar-refractivity contribution is 6.09. The van der Waals surface area contributed by atoms with E-state index in [-0.39, 0.29) is 17.9 Å². The number of hydrogen-bond donors (Lipinski definition) is 1. The van der Waals surface area contributed by atoms with Crippen LogP contribution in [0.25, 0.3) is 0 Å². The van der Waals surface area contributed by atoms with E-state index in [1.165, 1.54) is 17.0 Å². The van der Waals surface area contributed by atoms with E-state index in [1.807, 2.05) is 0 Å². The van der Waals surface area contributed by atoms with Crippen LogP contribution < -0.4 is 10.2 Å². The number of halogens is 3. The van der Waals surface area contributed by atoms with Gasteiger partial charge in [0, 0.05) is 18.3 Å². The summed E-state index contributed by atoms with van der Waals surface area (Å²) < 4.78 is 37.6. The summed E-state index contributed by atoms with van der Waals surface area (Å²) in [7, 11) is 0. The molecule has 1 saturated heterocycles. The van der Waals surface area contributed by atoms with Gasteiger partial charge in [0.05, 0.1) is 5.56 Å². The number of carbonyl (C=O) groups is 2. The Balaban J connectivity index is 1.70. The Morgan fingerprint density at radius 1 is 1.14 bits per heavy atom. The van der Waals surface area contributed by atoms with E-state index in [9.17, 15) is 22.8 Å². The molecule has 22 heavy (non-hydrogen) atoms. The molecule has 1 heterocycles. The van der Waals surface area contributed by atoms with E-state index in [2.05, 4.69) is 5.32 Å². The van der Waals surface area contributed by atoms with Crippen molar-refractivity contribution in [1.82, 2.24) is 5.32 Å². The average Bonchev–Trinajstić information content (AvgIpc) is 3.18. The molecule has 7 heteroatoms. The minimum Gasteiger partial charge on any atom is -0.353 e. The average molecular weight is 312 g/mol. The number of nitrogens with zero attached hydrogens (tertiary/aromatic N) is 1. The van der Waals surface area contributed by atoms with Crippen molar-refractivity contribution in [2.24, 2.45) is 5.92 Å². The third-order valence-corrected chi connectivity index (χ3v) is 3.95. The van der Waals surface area contributed by atoms with Crippen molar-refractivity contribution in [2.75, 3.05) is 11.4 Å². The summed E-state index contributed by atoms with van der Waals surface area (Å²) in [5.41, 5.74) is -0.370. The Morgan fingerprint density at radius 2 is 1.77 bits per heavy atom. The molecular formula is C15H15F3N2O2. The van der Waals surface area contributed by atoms with Gasteiger partial charge in [-0.25, -0.2) is 0 Å². The minimum absolute atomic E-state index is 0.181. The molecule has 0 spiro atoms. The molecule has 0 aromatic heterocycles. The fraction of sp³-hybridized carbons (Fsp3) is 0.467. The lowest BCUT2D eigenvalue weighted by molar-refractivity contribution is -0.137. The third-order valence-electron chi connectivity index (χ3n) is 3.95. The molecule has 3 rings (SSSR count). The highest BCUT2D eigenvalue weighted by Crippen LogP contribution is 2.32. The van der Waals surface area contributed by atoms with Crippen LogP contribution in [-0.2, 0) is 15.8 Å². The molecule has 2 fully saturated rings. The Bertz CT molecular complexity index is 594. The van der Waals surface area contributed by atoms with Crippen molar-refractivity contribution in [3.8, 4) is 0 Å². The van der Waals surface area contributed by atoms with Crippen LogP contribution in [0.3, 0.4) is 0 Å². The molecule has 1 aromatic rings. The van der Waals surface area contributed by atoms with Crippen molar-refractivity contribution in [1.29, 1.82) is 0 Å². The molecule has 118 valence electrons. The highest BCUT2D eigenvalue weighted by Gasteiger charge is 2.39. The van der Waals surface area contributed by atoms with Crippen LogP contribution in [-0.4, -0.2) is 24.4 Å². The van der Waals surface area contributed by atoms with Crippen molar-refractivity contribution < 1.29 is 22.8 Å². The second-order valence-corrected chi connectivity index (χ2v) is 5.66. The first kappa shape index (κ1) is 14.9. The van der Waals surface area contributed by atoms with Crippen LogP contribution in [0, 0.1) is 5.92 Å². The summed E-state index contributed by atoms with van der Waals surface area (Å²) in [4.78, 5) is 25.6. The SMILES string of the molecule is O=C(NC1CC1)[C@H]1CCN(c2ccc(C(F)(F)F)cc2)C1=O. The van der Waals surface area contributed by atoms with Gasteiger partial charge in [-0.3, -0.25) is 9.59 Å². The molecule has 4 nitrogen and oxygen atoms in total. The maximum Gasteiger partial charge on any atom is 0.416 e. The molecule has 0 radical (unpaired) electrons. The van der Waals surface area contributed by atoms with Gasteiger partial charge in [0.25, 0.3) is 0 Å². The van der Waals surface area contributed by atoms with E-state index >= 15 is 0 Å². The monoisotopic (exact) mass is 312 g/mol. The van der Waals surface area contributed by atoms with E-state index in [0.717, 1.165) is 25.0 Å². The number of rotatable bonds is 3. The highest BCUT2D eigenvalue weighted by atomic mass is 19.4. The largest absolute Gasteiger partial charge is 0.416 e. The van der Waals surface area contributed by atoms with Crippen molar-refractivity contribution >= 4 is 17.5 Å². The zero-order valence-electron chi connectivity index (χ0n) is 11.7. The molecule has 1 N–H and O–H groups in total. The zero-order chi connectivity index (χ0) is 15.9. The van der Waals surface area contributed by atoms with E-state index < -0.39 is 17.7 Å². The fourth-order valence-electron chi connectivity index (χ4n) is 2.54. The summed E-state index contributed by atoms with van der Waals surface area (Å²) >= 11 is 0. The normalized spacial score (nSPS) is 22.0. The number of amides is 2. The quantitative estimate of drug-likeness (QED) is 0.871. The smallest absolute Gasteiger partial charge is 0.353 e. The number of carbonyl (C=O) groups excluding carboxylic acids is 2. The number of nitrogens with one attached hydrogen (secondary N) is 1. The molecule has 2 amide bonds. The van der Waals surface area contributed by atoms with Crippen LogP contribution >= 0.6 is 0 Å². The van der Waals surface area contributed by atoms with Crippen LogP contribution in [0.5, 0.6) is 0 Å².